The summed E-state index contributed by atoms with van der Waals surface area (Å²) in [6.45, 7) is 4.31. The molecule has 0 aromatic rings. The lowest BCUT2D eigenvalue weighted by molar-refractivity contribution is 0.396. The molecule has 0 amide bonds. The molecule has 0 aromatic heterocycles. The van der Waals surface area contributed by atoms with Crippen molar-refractivity contribution in [3.05, 3.63) is 34.4 Å². The summed E-state index contributed by atoms with van der Waals surface area (Å²) in [5.41, 5.74) is 2.38. The molecule has 0 aromatic carbocycles. The topological polar surface area (TPSA) is 24.4 Å². The molecule has 1 heterocycles. The van der Waals surface area contributed by atoms with Crippen molar-refractivity contribution in [3.63, 3.8) is 0 Å². The largest absolute Gasteiger partial charge is 0.385 e. The Morgan fingerprint density at radius 1 is 1.42 bits per heavy atom. The van der Waals surface area contributed by atoms with E-state index in [1.54, 1.807) is 11.8 Å². The number of hydrogen-bond donors (Lipinski definition) is 1. The lowest BCUT2D eigenvalue weighted by Gasteiger charge is -2.25. The average Bonchev–Trinajstić information content (AvgIpc) is 2.89. The Labute approximate surface area is 121 Å². The fourth-order valence-corrected chi connectivity index (χ4v) is 3.35. The van der Waals surface area contributed by atoms with Crippen molar-refractivity contribution < 1.29 is 0 Å². The highest BCUT2D eigenvalue weighted by Gasteiger charge is 2.17. The van der Waals surface area contributed by atoms with Gasteiger partial charge in [-0.1, -0.05) is 44.0 Å². The van der Waals surface area contributed by atoms with Crippen LogP contribution in [0, 0.1) is 0 Å². The molecule has 1 N–H and O–H groups in total. The highest BCUT2D eigenvalue weighted by atomic mass is 32.2. The van der Waals surface area contributed by atoms with Gasteiger partial charge in [0.05, 0.1) is 10.6 Å². The minimum Gasteiger partial charge on any atom is -0.385 e. The van der Waals surface area contributed by atoms with Gasteiger partial charge in [-0.2, -0.15) is 0 Å². The lowest BCUT2D eigenvalue weighted by atomic mass is 9.95. The third kappa shape index (κ3) is 4.27. The van der Waals surface area contributed by atoms with Crippen LogP contribution in [0.15, 0.2) is 39.4 Å². The van der Waals surface area contributed by atoms with Gasteiger partial charge in [-0.05, 0) is 37.7 Å². The van der Waals surface area contributed by atoms with Crippen molar-refractivity contribution >= 4 is 17.5 Å². The Balaban J connectivity index is 2.02. The van der Waals surface area contributed by atoms with E-state index in [2.05, 4.69) is 41.7 Å². The van der Waals surface area contributed by atoms with Gasteiger partial charge in [0.2, 0.25) is 0 Å². The molecule has 2 nitrogen and oxygen atoms in total. The molecule has 1 aliphatic carbocycles. The van der Waals surface area contributed by atoms with Crippen LogP contribution >= 0.6 is 11.8 Å². The van der Waals surface area contributed by atoms with Crippen molar-refractivity contribution in [2.24, 2.45) is 4.99 Å². The summed E-state index contributed by atoms with van der Waals surface area (Å²) in [6.07, 6.45) is 13.9. The van der Waals surface area contributed by atoms with E-state index in [4.69, 9.17) is 0 Å². The Morgan fingerprint density at radius 2 is 2.21 bits per heavy atom. The molecule has 19 heavy (non-hydrogen) atoms. The molecule has 104 valence electrons. The maximum Gasteiger partial charge on any atom is 0.0791 e. The predicted octanol–water partition coefficient (Wildman–Crippen LogP) is 4.77. The smallest absolute Gasteiger partial charge is 0.0791 e. The Bertz CT molecular complexity index is 412. The molecule has 0 spiro atoms. The van der Waals surface area contributed by atoms with Crippen molar-refractivity contribution in [1.82, 2.24) is 5.32 Å². The van der Waals surface area contributed by atoms with Crippen LogP contribution in [-0.4, -0.2) is 11.8 Å². The van der Waals surface area contributed by atoms with Gasteiger partial charge in [0.15, 0.2) is 0 Å². The van der Waals surface area contributed by atoms with Crippen LogP contribution in [0.25, 0.3) is 0 Å². The maximum absolute atomic E-state index is 4.54. The van der Waals surface area contributed by atoms with Gasteiger partial charge in [-0.3, -0.25) is 4.99 Å². The lowest BCUT2D eigenvalue weighted by Crippen LogP contribution is -2.30. The van der Waals surface area contributed by atoms with Crippen LogP contribution in [-0.2, 0) is 0 Å². The van der Waals surface area contributed by atoms with Crippen LogP contribution in [0.5, 0.6) is 0 Å². The molecule has 0 bridgehead atoms. The minimum absolute atomic E-state index is 0.662. The van der Waals surface area contributed by atoms with Crippen molar-refractivity contribution in [1.29, 1.82) is 0 Å². The highest BCUT2D eigenvalue weighted by molar-refractivity contribution is 8.07. The number of aliphatic imine (C=N–C) groups is 1. The molecule has 1 fully saturated rings. The zero-order chi connectivity index (χ0) is 13.5. The van der Waals surface area contributed by atoms with E-state index < -0.39 is 0 Å². The quantitative estimate of drug-likeness (QED) is 0.800. The molecule has 0 radical (unpaired) electrons. The number of nitrogens with zero attached hydrogens (tertiary/aromatic N) is 1. The van der Waals surface area contributed by atoms with E-state index in [0.717, 1.165) is 12.1 Å². The second-order valence-electron chi connectivity index (χ2n) is 5.16. The second-order valence-corrected chi connectivity index (χ2v) is 6.08. The summed E-state index contributed by atoms with van der Waals surface area (Å²) in [7, 11) is 0. The first-order valence-electron chi connectivity index (χ1n) is 7.35. The molecular weight excluding hydrogens is 252 g/mol. The summed E-state index contributed by atoms with van der Waals surface area (Å²) < 4.78 is 0. The molecule has 1 aliphatic heterocycles. The SMILES string of the molecule is CC/C=C/N=C1/C=CS/C1=C(/C)NC1CCCCC1. The molecule has 1 saturated carbocycles. The van der Waals surface area contributed by atoms with Crippen LogP contribution in [0.2, 0.25) is 0 Å². The fraction of sp³-hybridized carbons (Fsp3) is 0.562. The van der Waals surface area contributed by atoms with Gasteiger partial charge in [0.1, 0.15) is 0 Å². The van der Waals surface area contributed by atoms with E-state index in [0.29, 0.717) is 6.04 Å². The molecule has 0 atom stereocenters. The average molecular weight is 276 g/mol. The predicted molar refractivity (Wildman–Crippen MR) is 86.3 cm³/mol. The second kappa shape index (κ2) is 7.59. The molecule has 2 aliphatic rings. The monoisotopic (exact) mass is 276 g/mol. The molecule has 3 heteroatoms. The Morgan fingerprint density at radius 3 is 2.95 bits per heavy atom. The first-order chi connectivity index (χ1) is 9.31. The number of thioether (sulfide) groups is 1. The Hall–Kier alpha value is -0.960. The van der Waals surface area contributed by atoms with Crippen LogP contribution in [0.4, 0.5) is 0 Å². The first-order valence-corrected chi connectivity index (χ1v) is 8.23. The maximum atomic E-state index is 4.54. The summed E-state index contributed by atoms with van der Waals surface area (Å²) >= 11 is 1.78. The summed E-state index contributed by atoms with van der Waals surface area (Å²) in [6, 6.07) is 0.662. The van der Waals surface area contributed by atoms with Gasteiger partial charge in [-0.15, -0.1) is 0 Å². The number of nitrogens with one attached hydrogen (secondary N) is 1. The van der Waals surface area contributed by atoms with Gasteiger partial charge in [-0.25, -0.2) is 0 Å². The number of rotatable bonds is 4. The first kappa shape index (κ1) is 14.4. The minimum atomic E-state index is 0.662. The fourth-order valence-electron chi connectivity index (χ4n) is 2.54. The van der Waals surface area contributed by atoms with Gasteiger partial charge < -0.3 is 5.32 Å². The molecule has 0 saturated heterocycles. The van der Waals surface area contributed by atoms with Gasteiger partial charge >= 0.3 is 0 Å². The van der Waals surface area contributed by atoms with Crippen molar-refractivity contribution in [3.8, 4) is 0 Å². The van der Waals surface area contributed by atoms with Gasteiger partial charge in [0.25, 0.3) is 0 Å². The zero-order valence-corrected chi connectivity index (χ0v) is 12.8. The number of allylic oxidation sites excluding steroid dienone is 4. The van der Waals surface area contributed by atoms with Crippen LogP contribution in [0.3, 0.4) is 0 Å². The van der Waals surface area contributed by atoms with Crippen molar-refractivity contribution in [2.45, 2.75) is 58.4 Å². The summed E-state index contributed by atoms with van der Waals surface area (Å²) in [5.74, 6) is 0. The van der Waals surface area contributed by atoms with E-state index in [9.17, 15) is 0 Å². The summed E-state index contributed by atoms with van der Waals surface area (Å²) in [5, 5.41) is 5.82. The van der Waals surface area contributed by atoms with E-state index in [1.165, 1.54) is 42.7 Å². The molecule has 2 rings (SSSR count). The molecule has 0 unspecified atom stereocenters. The van der Waals surface area contributed by atoms with E-state index in [1.807, 2.05) is 6.20 Å². The number of hydrogen-bond acceptors (Lipinski definition) is 3. The Kier molecular flexibility index (Phi) is 5.77. The molecular formula is C16H24N2S. The normalized spacial score (nSPS) is 25.5. The highest BCUT2D eigenvalue weighted by Crippen LogP contribution is 2.29. The third-order valence-electron chi connectivity index (χ3n) is 3.57. The third-order valence-corrected chi connectivity index (χ3v) is 4.59. The van der Waals surface area contributed by atoms with Crippen molar-refractivity contribution in [2.75, 3.05) is 0 Å². The zero-order valence-electron chi connectivity index (χ0n) is 12.0. The van der Waals surface area contributed by atoms with E-state index in [-0.39, 0.29) is 0 Å². The van der Waals surface area contributed by atoms with Crippen LogP contribution < -0.4 is 5.32 Å². The summed E-state index contributed by atoms with van der Waals surface area (Å²) in [4.78, 5) is 5.82. The van der Waals surface area contributed by atoms with E-state index >= 15 is 0 Å². The van der Waals surface area contributed by atoms with Crippen LogP contribution in [0.1, 0.15) is 52.4 Å². The standard InChI is InChI=1S/C16H24N2S/c1-3-4-11-17-15-10-12-19-16(15)13(2)18-14-8-6-5-7-9-14/h4,10-12,14,18H,3,5-9H2,1-2H3/b11-4+,16-13-,17-15-. The van der Waals surface area contributed by atoms with Gasteiger partial charge in [0, 0.05) is 17.9 Å².